The van der Waals surface area contributed by atoms with Crippen LogP contribution in [0.3, 0.4) is 0 Å². The second-order valence-electron chi connectivity index (χ2n) is 3.49. The van der Waals surface area contributed by atoms with Crippen LogP contribution in [0.25, 0.3) is 5.57 Å². The van der Waals surface area contributed by atoms with E-state index in [9.17, 15) is 14.0 Å². The van der Waals surface area contributed by atoms with Crippen LogP contribution in [0.1, 0.15) is 12.5 Å². The molecule has 0 aliphatic heterocycles. The van der Waals surface area contributed by atoms with E-state index in [0.29, 0.717) is 11.1 Å². The van der Waals surface area contributed by atoms with Crippen molar-refractivity contribution in [2.45, 2.75) is 6.92 Å². The molecule has 0 N–H and O–H groups in total. The first kappa shape index (κ1) is 13.9. The molecule has 0 fully saturated rings. The van der Waals surface area contributed by atoms with Gasteiger partial charge < -0.3 is 9.47 Å². The predicted molar refractivity (Wildman–Crippen MR) is 63.0 cm³/mol. The minimum atomic E-state index is -0.788. The van der Waals surface area contributed by atoms with E-state index in [-0.39, 0.29) is 5.57 Å². The summed E-state index contributed by atoms with van der Waals surface area (Å²) in [4.78, 5) is 23.1. The van der Waals surface area contributed by atoms with Gasteiger partial charge in [-0.05, 0) is 30.2 Å². The van der Waals surface area contributed by atoms with Gasteiger partial charge in [0.2, 0.25) is 0 Å². The van der Waals surface area contributed by atoms with Crippen molar-refractivity contribution < 1.29 is 23.5 Å². The normalized spacial score (nSPS) is 9.56. The lowest BCUT2D eigenvalue weighted by Gasteiger charge is -2.08. The van der Waals surface area contributed by atoms with Gasteiger partial charge >= 0.3 is 11.9 Å². The number of methoxy groups -OCH3 is 2. The summed E-state index contributed by atoms with van der Waals surface area (Å²) in [5, 5.41) is 0. The van der Waals surface area contributed by atoms with E-state index >= 15 is 0 Å². The van der Waals surface area contributed by atoms with Crippen molar-refractivity contribution in [3.8, 4) is 0 Å². The Balaban J connectivity index is 3.30. The summed E-state index contributed by atoms with van der Waals surface area (Å²) >= 11 is 0. The van der Waals surface area contributed by atoms with Gasteiger partial charge in [0.25, 0.3) is 0 Å². The maximum Gasteiger partial charge on any atom is 0.345 e. The second kappa shape index (κ2) is 5.95. The Bertz CT molecular complexity index is 470. The van der Waals surface area contributed by atoms with Crippen LogP contribution in [-0.2, 0) is 19.1 Å². The van der Waals surface area contributed by atoms with E-state index < -0.39 is 17.8 Å². The van der Waals surface area contributed by atoms with Gasteiger partial charge in [0.1, 0.15) is 11.4 Å². The number of rotatable bonds is 3. The summed E-state index contributed by atoms with van der Waals surface area (Å²) in [5.74, 6) is -1.98. The summed E-state index contributed by atoms with van der Waals surface area (Å²) in [7, 11) is 2.34. The lowest BCUT2D eigenvalue weighted by Crippen LogP contribution is -2.17. The molecule has 1 rings (SSSR count). The molecule has 0 aliphatic rings. The molecule has 0 aromatic heterocycles. The fourth-order valence-electron chi connectivity index (χ4n) is 1.44. The van der Waals surface area contributed by atoms with E-state index in [1.165, 1.54) is 38.5 Å². The van der Waals surface area contributed by atoms with Crippen molar-refractivity contribution in [1.82, 2.24) is 0 Å². The zero-order chi connectivity index (χ0) is 13.7. The fourth-order valence-corrected chi connectivity index (χ4v) is 1.44. The van der Waals surface area contributed by atoms with Gasteiger partial charge in [0.05, 0.1) is 14.2 Å². The number of halogens is 1. The van der Waals surface area contributed by atoms with E-state index in [2.05, 4.69) is 9.47 Å². The summed E-state index contributed by atoms with van der Waals surface area (Å²) < 4.78 is 21.9. The first-order chi connectivity index (χ1) is 8.51. The molecular weight excluding hydrogens is 239 g/mol. The summed E-state index contributed by atoms with van der Waals surface area (Å²) in [6, 6.07) is 5.42. The van der Waals surface area contributed by atoms with Gasteiger partial charge in [-0.1, -0.05) is 12.1 Å². The molecule has 0 heterocycles. The number of ether oxygens (including phenoxy) is 2. The van der Waals surface area contributed by atoms with Crippen LogP contribution in [0, 0.1) is 5.82 Å². The molecule has 0 spiro atoms. The number of carbonyl (C=O) groups excluding carboxylic acids is 2. The molecule has 0 bridgehead atoms. The van der Waals surface area contributed by atoms with Crippen LogP contribution in [0.15, 0.2) is 29.8 Å². The molecule has 0 amide bonds. The third-order valence-electron chi connectivity index (χ3n) is 2.43. The Morgan fingerprint density at radius 3 is 1.83 bits per heavy atom. The molecule has 4 nitrogen and oxygen atoms in total. The number of benzene rings is 1. The third kappa shape index (κ3) is 2.94. The van der Waals surface area contributed by atoms with E-state index in [4.69, 9.17) is 0 Å². The number of carbonyl (C=O) groups is 2. The first-order valence-corrected chi connectivity index (χ1v) is 5.14. The minimum Gasteiger partial charge on any atom is -0.465 e. The van der Waals surface area contributed by atoms with Crippen LogP contribution in [-0.4, -0.2) is 26.2 Å². The molecule has 0 radical (unpaired) electrons. The summed E-state index contributed by atoms with van der Waals surface area (Å²) in [6.07, 6.45) is 0. The van der Waals surface area contributed by atoms with Crippen molar-refractivity contribution in [2.24, 2.45) is 0 Å². The Morgan fingerprint density at radius 2 is 1.44 bits per heavy atom. The molecule has 5 heteroatoms. The molecule has 1 aromatic carbocycles. The molecular formula is C13H13FO4. The zero-order valence-corrected chi connectivity index (χ0v) is 10.3. The number of hydrogen-bond acceptors (Lipinski definition) is 4. The van der Waals surface area contributed by atoms with Gasteiger partial charge in [-0.2, -0.15) is 0 Å². The number of hydrogen-bond donors (Lipinski definition) is 0. The smallest absolute Gasteiger partial charge is 0.345 e. The van der Waals surface area contributed by atoms with Gasteiger partial charge in [0.15, 0.2) is 0 Å². The summed E-state index contributed by atoms with van der Waals surface area (Å²) in [5.41, 5.74) is 0.711. The van der Waals surface area contributed by atoms with E-state index in [1.54, 1.807) is 6.92 Å². The van der Waals surface area contributed by atoms with Crippen LogP contribution in [0.4, 0.5) is 4.39 Å². The monoisotopic (exact) mass is 252 g/mol. The fraction of sp³-hybridized carbons (Fsp3) is 0.231. The molecule has 0 unspecified atom stereocenters. The van der Waals surface area contributed by atoms with Crippen LogP contribution in [0.5, 0.6) is 0 Å². The van der Waals surface area contributed by atoms with Crippen molar-refractivity contribution in [3.05, 3.63) is 41.2 Å². The lowest BCUT2D eigenvalue weighted by molar-refractivity contribution is -0.143. The molecule has 0 saturated heterocycles. The average Bonchev–Trinajstić information content (AvgIpc) is 2.39. The van der Waals surface area contributed by atoms with Crippen molar-refractivity contribution >= 4 is 17.5 Å². The lowest BCUT2D eigenvalue weighted by atomic mass is 10.0. The van der Waals surface area contributed by atoms with Crippen LogP contribution < -0.4 is 0 Å². The van der Waals surface area contributed by atoms with Crippen LogP contribution in [0.2, 0.25) is 0 Å². The van der Waals surface area contributed by atoms with Gasteiger partial charge in [-0.3, -0.25) is 0 Å². The predicted octanol–water partition coefficient (Wildman–Crippen LogP) is 1.95. The second-order valence-corrected chi connectivity index (χ2v) is 3.49. The van der Waals surface area contributed by atoms with Crippen molar-refractivity contribution in [3.63, 3.8) is 0 Å². The molecule has 1 aromatic rings. The Kier molecular flexibility index (Phi) is 4.59. The number of esters is 2. The Morgan fingerprint density at radius 1 is 1.00 bits per heavy atom. The number of allylic oxidation sites excluding steroid dienone is 1. The first-order valence-electron chi connectivity index (χ1n) is 5.14. The average molecular weight is 252 g/mol. The van der Waals surface area contributed by atoms with E-state index in [1.807, 2.05) is 0 Å². The maximum atomic E-state index is 12.8. The standard InChI is InChI=1S/C13H13FO4/c1-8(9-4-6-10(14)7-5-9)11(12(15)17-2)13(16)18-3/h4-7H,1-3H3. The van der Waals surface area contributed by atoms with Crippen molar-refractivity contribution in [1.29, 1.82) is 0 Å². The molecule has 0 atom stereocenters. The van der Waals surface area contributed by atoms with Crippen molar-refractivity contribution in [2.75, 3.05) is 14.2 Å². The van der Waals surface area contributed by atoms with Gasteiger partial charge in [-0.25, -0.2) is 14.0 Å². The van der Waals surface area contributed by atoms with E-state index in [0.717, 1.165) is 0 Å². The highest BCUT2D eigenvalue weighted by Crippen LogP contribution is 2.20. The van der Waals surface area contributed by atoms with Gasteiger partial charge in [-0.15, -0.1) is 0 Å². The largest absolute Gasteiger partial charge is 0.465 e. The maximum absolute atomic E-state index is 12.8. The molecule has 96 valence electrons. The highest BCUT2D eigenvalue weighted by Gasteiger charge is 2.23. The highest BCUT2D eigenvalue weighted by atomic mass is 19.1. The Hall–Kier alpha value is -2.17. The molecule has 0 aliphatic carbocycles. The molecule has 18 heavy (non-hydrogen) atoms. The van der Waals surface area contributed by atoms with Gasteiger partial charge in [0, 0.05) is 0 Å². The zero-order valence-electron chi connectivity index (χ0n) is 10.3. The third-order valence-corrected chi connectivity index (χ3v) is 2.43. The SMILES string of the molecule is COC(=O)C(C(=O)OC)=C(C)c1ccc(F)cc1. The minimum absolute atomic E-state index is 0.202. The summed E-state index contributed by atoms with van der Waals surface area (Å²) in [6.45, 7) is 1.57. The quantitative estimate of drug-likeness (QED) is 0.357. The topological polar surface area (TPSA) is 52.6 Å². The Labute approximate surface area is 104 Å². The highest BCUT2D eigenvalue weighted by molar-refractivity contribution is 6.19. The molecule has 0 saturated carbocycles. The van der Waals surface area contributed by atoms with Crippen LogP contribution >= 0.6 is 0 Å².